The molecule has 0 spiro atoms. The number of nitriles is 1. The van der Waals surface area contributed by atoms with Crippen molar-refractivity contribution in [3.8, 4) is 11.8 Å². The minimum atomic E-state index is -0.113. The Labute approximate surface area is 157 Å². The summed E-state index contributed by atoms with van der Waals surface area (Å²) in [6.45, 7) is 3.95. The van der Waals surface area contributed by atoms with Crippen LogP contribution >= 0.6 is 0 Å². The van der Waals surface area contributed by atoms with Crippen LogP contribution in [-0.2, 0) is 0 Å². The number of nitrogens with zero attached hydrogens (tertiary/aromatic N) is 6. The van der Waals surface area contributed by atoms with E-state index < -0.39 is 0 Å². The second-order valence-corrected chi connectivity index (χ2v) is 7.03. The van der Waals surface area contributed by atoms with E-state index in [-0.39, 0.29) is 11.2 Å². The van der Waals surface area contributed by atoms with Gasteiger partial charge in [0.2, 0.25) is 0 Å². The zero-order valence-electron chi connectivity index (χ0n) is 15.0. The van der Waals surface area contributed by atoms with Crippen LogP contribution in [0.4, 0.5) is 17.3 Å². The molecular weight excluding hydrogens is 340 g/mol. The van der Waals surface area contributed by atoms with E-state index in [1.807, 2.05) is 16.8 Å². The van der Waals surface area contributed by atoms with Gasteiger partial charge < -0.3 is 20.5 Å². The lowest BCUT2D eigenvalue weighted by molar-refractivity contribution is 0.525. The van der Waals surface area contributed by atoms with Crippen molar-refractivity contribution in [1.29, 1.82) is 5.26 Å². The van der Waals surface area contributed by atoms with Crippen molar-refractivity contribution in [2.75, 3.05) is 23.3 Å². The number of imidazole rings is 1. The van der Waals surface area contributed by atoms with Crippen LogP contribution in [0.5, 0.6) is 0 Å². The molecule has 1 aromatic carbocycles. The SMILES string of the molecule is C[C@@]1(N)CCN(c2ccc(-n3cnc(Nc4cnc(C#N)cn4)c3)cc2)C1. The van der Waals surface area contributed by atoms with Gasteiger partial charge in [0.1, 0.15) is 24.0 Å². The zero-order chi connectivity index (χ0) is 18.9. The highest BCUT2D eigenvalue weighted by molar-refractivity contribution is 5.54. The molecule has 1 saturated heterocycles. The lowest BCUT2D eigenvalue weighted by Gasteiger charge is -2.21. The van der Waals surface area contributed by atoms with Gasteiger partial charge in [-0.3, -0.25) is 0 Å². The van der Waals surface area contributed by atoms with Crippen molar-refractivity contribution in [3.63, 3.8) is 0 Å². The number of hydrogen-bond donors (Lipinski definition) is 2. The summed E-state index contributed by atoms with van der Waals surface area (Å²) in [5.41, 5.74) is 8.58. The van der Waals surface area contributed by atoms with Gasteiger partial charge in [0.05, 0.1) is 18.6 Å². The molecule has 8 heteroatoms. The number of nitrogens with one attached hydrogen (secondary N) is 1. The van der Waals surface area contributed by atoms with Gasteiger partial charge in [-0.2, -0.15) is 5.26 Å². The van der Waals surface area contributed by atoms with Crippen molar-refractivity contribution >= 4 is 17.3 Å². The van der Waals surface area contributed by atoms with Crippen molar-refractivity contribution in [2.45, 2.75) is 18.9 Å². The van der Waals surface area contributed by atoms with Gasteiger partial charge in [-0.25, -0.2) is 15.0 Å². The van der Waals surface area contributed by atoms with Gasteiger partial charge in [-0.05, 0) is 37.6 Å². The van der Waals surface area contributed by atoms with Gasteiger partial charge >= 0.3 is 0 Å². The van der Waals surface area contributed by atoms with Gasteiger partial charge in [-0.15, -0.1) is 0 Å². The summed E-state index contributed by atoms with van der Waals surface area (Å²) < 4.78 is 1.93. The van der Waals surface area contributed by atoms with E-state index in [4.69, 9.17) is 11.0 Å². The van der Waals surface area contributed by atoms with Crippen LogP contribution in [0, 0.1) is 11.3 Å². The third kappa shape index (κ3) is 3.73. The third-order valence-corrected chi connectivity index (χ3v) is 4.62. The van der Waals surface area contributed by atoms with E-state index in [0.717, 1.165) is 25.2 Å². The minimum absolute atomic E-state index is 0.113. The maximum atomic E-state index is 8.76. The lowest BCUT2D eigenvalue weighted by Crippen LogP contribution is -2.39. The van der Waals surface area contributed by atoms with Crippen molar-refractivity contribution in [1.82, 2.24) is 19.5 Å². The first kappa shape index (κ1) is 17.0. The second kappa shape index (κ2) is 6.70. The summed E-state index contributed by atoms with van der Waals surface area (Å²) >= 11 is 0. The number of rotatable bonds is 4. The molecular formula is C19H20N8. The second-order valence-electron chi connectivity index (χ2n) is 7.03. The number of aromatic nitrogens is 4. The summed E-state index contributed by atoms with van der Waals surface area (Å²) in [4.78, 5) is 14.8. The van der Waals surface area contributed by atoms with Crippen LogP contribution in [0.15, 0.2) is 49.2 Å². The Hall–Kier alpha value is -3.44. The molecule has 8 nitrogen and oxygen atoms in total. The maximum absolute atomic E-state index is 8.76. The van der Waals surface area contributed by atoms with Crippen molar-refractivity contribution in [2.24, 2.45) is 5.73 Å². The van der Waals surface area contributed by atoms with E-state index >= 15 is 0 Å². The monoisotopic (exact) mass is 360 g/mol. The highest BCUT2D eigenvalue weighted by Gasteiger charge is 2.29. The van der Waals surface area contributed by atoms with Crippen molar-refractivity contribution < 1.29 is 0 Å². The largest absolute Gasteiger partial charge is 0.370 e. The molecule has 3 heterocycles. The lowest BCUT2D eigenvalue weighted by atomic mass is 10.0. The van der Waals surface area contributed by atoms with Crippen LogP contribution in [0.3, 0.4) is 0 Å². The van der Waals surface area contributed by atoms with E-state index in [1.165, 1.54) is 18.1 Å². The predicted octanol–water partition coefficient (Wildman–Crippen LogP) is 2.21. The Morgan fingerprint density at radius 1 is 1.11 bits per heavy atom. The number of benzene rings is 1. The highest BCUT2D eigenvalue weighted by Crippen LogP contribution is 2.26. The van der Waals surface area contributed by atoms with E-state index in [2.05, 4.69) is 56.4 Å². The van der Waals surface area contributed by atoms with Crippen LogP contribution in [0.1, 0.15) is 19.0 Å². The number of nitrogens with two attached hydrogens (primary N) is 1. The summed E-state index contributed by atoms with van der Waals surface area (Å²) in [6, 6.07) is 10.3. The van der Waals surface area contributed by atoms with Crippen LogP contribution in [0.2, 0.25) is 0 Å². The fourth-order valence-electron chi connectivity index (χ4n) is 3.15. The molecule has 1 atom stereocenters. The molecule has 0 amide bonds. The van der Waals surface area contributed by atoms with E-state index in [0.29, 0.717) is 11.6 Å². The van der Waals surface area contributed by atoms with E-state index in [9.17, 15) is 0 Å². The maximum Gasteiger partial charge on any atom is 0.158 e. The molecule has 4 rings (SSSR count). The first-order valence-corrected chi connectivity index (χ1v) is 8.70. The summed E-state index contributed by atoms with van der Waals surface area (Å²) in [5, 5.41) is 11.8. The van der Waals surface area contributed by atoms with Gasteiger partial charge in [0.25, 0.3) is 0 Å². The molecule has 0 unspecified atom stereocenters. The minimum Gasteiger partial charge on any atom is -0.370 e. The molecule has 3 aromatic rings. The molecule has 27 heavy (non-hydrogen) atoms. The summed E-state index contributed by atoms with van der Waals surface area (Å²) in [6.07, 6.45) is 7.54. The standard InChI is InChI=1S/C19H20N8/c1-19(21)6-7-26(12-19)15-2-4-16(5-3-15)27-11-18(24-13-27)25-17-10-22-14(8-20)9-23-17/h2-5,9-11,13H,6-7,12,21H2,1H3,(H,23,25)/t19-/m1/s1. The zero-order valence-corrected chi connectivity index (χ0v) is 15.0. The van der Waals surface area contributed by atoms with E-state index in [1.54, 1.807) is 6.33 Å². The van der Waals surface area contributed by atoms with Gasteiger partial charge in [0.15, 0.2) is 5.69 Å². The van der Waals surface area contributed by atoms with Gasteiger partial charge in [-0.1, -0.05) is 0 Å². The molecule has 0 radical (unpaired) electrons. The average molecular weight is 360 g/mol. The molecule has 3 N–H and O–H groups in total. The molecule has 0 saturated carbocycles. The van der Waals surface area contributed by atoms with Gasteiger partial charge in [0, 0.05) is 30.0 Å². The Bertz CT molecular complexity index is 966. The Balaban J connectivity index is 1.45. The van der Waals surface area contributed by atoms with Crippen LogP contribution < -0.4 is 16.0 Å². The first-order chi connectivity index (χ1) is 13.0. The normalized spacial score (nSPS) is 19.1. The predicted molar refractivity (Wildman–Crippen MR) is 103 cm³/mol. The van der Waals surface area contributed by atoms with Crippen LogP contribution in [0.25, 0.3) is 5.69 Å². The highest BCUT2D eigenvalue weighted by atomic mass is 15.2. The smallest absolute Gasteiger partial charge is 0.158 e. The molecule has 1 aliphatic heterocycles. The quantitative estimate of drug-likeness (QED) is 0.734. The Morgan fingerprint density at radius 2 is 1.89 bits per heavy atom. The fourth-order valence-corrected chi connectivity index (χ4v) is 3.15. The number of anilines is 3. The Morgan fingerprint density at radius 3 is 2.52 bits per heavy atom. The third-order valence-electron chi connectivity index (χ3n) is 4.62. The van der Waals surface area contributed by atoms with Crippen molar-refractivity contribution in [3.05, 3.63) is 54.9 Å². The topological polar surface area (TPSA) is 109 Å². The molecule has 1 fully saturated rings. The summed E-state index contributed by atoms with van der Waals surface area (Å²) in [5.74, 6) is 1.19. The van der Waals surface area contributed by atoms with Crippen LogP contribution in [-0.4, -0.2) is 38.1 Å². The molecule has 2 aromatic heterocycles. The average Bonchev–Trinajstić information content (AvgIpc) is 3.29. The molecule has 1 aliphatic rings. The summed E-state index contributed by atoms with van der Waals surface area (Å²) in [7, 11) is 0. The first-order valence-electron chi connectivity index (χ1n) is 8.70. The molecule has 136 valence electrons. The fraction of sp³-hybridized carbons (Fsp3) is 0.263. The number of hydrogen-bond acceptors (Lipinski definition) is 7. The molecule has 0 aliphatic carbocycles. The Kier molecular flexibility index (Phi) is 4.22. The molecule has 0 bridgehead atoms.